The van der Waals surface area contributed by atoms with E-state index in [1.807, 2.05) is 0 Å². The van der Waals surface area contributed by atoms with Crippen molar-refractivity contribution >= 4 is 11.9 Å². The number of aliphatic carboxylic acids is 1. The van der Waals surface area contributed by atoms with Crippen LogP contribution < -0.4 is 5.73 Å². The molecule has 116 valence electrons. The molecule has 0 spiro atoms. The number of ether oxygens (including phenoxy) is 1. The summed E-state index contributed by atoms with van der Waals surface area (Å²) < 4.78 is 5.16. The largest absolute Gasteiger partial charge is 0.479 e. The first-order chi connectivity index (χ1) is 9.15. The molecule has 0 heterocycles. The van der Waals surface area contributed by atoms with Gasteiger partial charge in [-0.3, -0.25) is 0 Å². The molecule has 1 saturated carbocycles. The predicted molar refractivity (Wildman–Crippen MR) is 76.2 cm³/mol. The number of carboxylic acids is 1. The standard InChI is InChI=1S/C15H27NO4/c1-14(2,3)20-13(19)15(16,12(17)18)10-9-11-7-5-4-6-8-11/h11H,4-10,16H2,1-3H3,(H,17,18). The molecule has 0 aromatic heterocycles. The van der Waals surface area contributed by atoms with Gasteiger partial charge in [0.25, 0.3) is 0 Å². The first kappa shape index (κ1) is 17.0. The molecule has 1 aliphatic carbocycles. The molecule has 0 radical (unpaired) electrons. The zero-order chi connectivity index (χ0) is 15.4. The number of hydrogen-bond acceptors (Lipinski definition) is 4. The third kappa shape index (κ3) is 4.78. The summed E-state index contributed by atoms with van der Waals surface area (Å²) in [5.41, 5.74) is 3.17. The van der Waals surface area contributed by atoms with Crippen LogP contribution in [0.1, 0.15) is 65.7 Å². The highest BCUT2D eigenvalue weighted by atomic mass is 16.6. The topological polar surface area (TPSA) is 89.6 Å². The molecule has 1 rings (SSSR count). The Hall–Kier alpha value is -1.10. The van der Waals surface area contributed by atoms with Gasteiger partial charge >= 0.3 is 11.9 Å². The van der Waals surface area contributed by atoms with Crippen molar-refractivity contribution in [3.05, 3.63) is 0 Å². The summed E-state index contributed by atoms with van der Waals surface area (Å²) in [5, 5.41) is 9.30. The van der Waals surface area contributed by atoms with E-state index in [-0.39, 0.29) is 6.42 Å². The van der Waals surface area contributed by atoms with Crippen LogP contribution in [0.15, 0.2) is 0 Å². The number of carbonyl (C=O) groups excluding carboxylic acids is 1. The fourth-order valence-electron chi connectivity index (χ4n) is 2.57. The Morgan fingerprint density at radius 1 is 1.20 bits per heavy atom. The monoisotopic (exact) mass is 285 g/mol. The summed E-state index contributed by atoms with van der Waals surface area (Å²) in [6.45, 7) is 5.11. The second-order valence-electron chi connectivity index (χ2n) is 6.82. The summed E-state index contributed by atoms with van der Waals surface area (Å²) in [7, 11) is 0. The molecule has 3 N–H and O–H groups in total. The Balaban J connectivity index is 2.65. The summed E-state index contributed by atoms with van der Waals surface area (Å²) in [5.74, 6) is -1.66. The van der Waals surface area contributed by atoms with Crippen molar-refractivity contribution in [2.45, 2.75) is 76.9 Å². The maximum Gasteiger partial charge on any atom is 0.338 e. The molecule has 0 aliphatic heterocycles. The van der Waals surface area contributed by atoms with Crippen molar-refractivity contribution in [1.29, 1.82) is 0 Å². The van der Waals surface area contributed by atoms with Crippen molar-refractivity contribution in [3.8, 4) is 0 Å². The number of hydrogen-bond donors (Lipinski definition) is 2. The molecular weight excluding hydrogens is 258 g/mol. The van der Waals surface area contributed by atoms with Crippen molar-refractivity contribution in [2.75, 3.05) is 0 Å². The van der Waals surface area contributed by atoms with Gasteiger partial charge in [-0.05, 0) is 39.5 Å². The highest BCUT2D eigenvalue weighted by molar-refractivity contribution is 6.03. The minimum atomic E-state index is -1.93. The van der Waals surface area contributed by atoms with E-state index in [0.717, 1.165) is 12.8 Å². The third-order valence-electron chi connectivity index (χ3n) is 3.82. The zero-order valence-corrected chi connectivity index (χ0v) is 12.8. The van der Waals surface area contributed by atoms with Crippen LogP contribution in [0, 0.1) is 5.92 Å². The molecule has 5 nitrogen and oxygen atoms in total. The van der Waals surface area contributed by atoms with Crippen molar-refractivity contribution in [2.24, 2.45) is 11.7 Å². The summed E-state index contributed by atoms with van der Waals surface area (Å²) in [6, 6.07) is 0. The highest BCUT2D eigenvalue weighted by Crippen LogP contribution is 2.30. The number of carboxylic acid groups (broad SMARTS) is 1. The van der Waals surface area contributed by atoms with Gasteiger partial charge in [0.1, 0.15) is 5.60 Å². The Labute approximate surface area is 120 Å². The molecule has 20 heavy (non-hydrogen) atoms. The van der Waals surface area contributed by atoms with Gasteiger partial charge in [0.05, 0.1) is 0 Å². The van der Waals surface area contributed by atoms with Crippen LogP contribution in [-0.2, 0) is 14.3 Å². The zero-order valence-electron chi connectivity index (χ0n) is 12.8. The first-order valence-electron chi connectivity index (χ1n) is 7.41. The van der Waals surface area contributed by atoms with Crippen LogP contribution in [0.5, 0.6) is 0 Å². The summed E-state index contributed by atoms with van der Waals surface area (Å²) in [6.07, 6.45) is 6.62. The fraction of sp³-hybridized carbons (Fsp3) is 0.867. The van der Waals surface area contributed by atoms with E-state index < -0.39 is 23.1 Å². The Kier molecular flexibility index (Phi) is 5.57. The van der Waals surface area contributed by atoms with Crippen molar-refractivity contribution < 1.29 is 19.4 Å². The molecular formula is C15H27NO4. The van der Waals surface area contributed by atoms with Crippen LogP contribution in [0.4, 0.5) is 0 Å². The lowest BCUT2D eigenvalue weighted by Gasteiger charge is -2.30. The van der Waals surface area contributed by atoms with E-state index in [9.17, 15) is 14.7 Å². The maximum atomic E-state index is 12.1. The van der Waals surface area contributed by atoms with Gasteiger partial charge in [-0.15, -0.1) is 0 Å². The summed E-state index contributed by atoms with van der Waals surface area (Å²) >= 11 is 0. The van der Waals surface area contributed by atoms with E-state index >= 15 is 0 Å². The normalized spacial score (nSPS) is 20.2. The maximum absolute atomic E-state index is 12.1. The van der Waals surface area contributed by atoms with E-state index in [0.29, 0.717) is 12.3 Å². The number of esters is 1. The van der Waals surface area contributed by atoms with Gasteiger partial charge in [-0.25, -0.2) is 9.59 Å². The number of nitrogens with two attached hydrogens (primary N) is 1. The molecule has 1 atom stereocenters. The third-order valence-corrected chi connectivity index (χ3v) is 3.82. The van der Waals surface area contributed by atoms with Crippen LogP contribution >= 0.6 is 0 Å². The molecule has 0 aromatic carbocycles. The van der Waals surface area contributed by atoms with E-state index in [4.69, 9.17) is 10.5 Å². The lowest BCUT2D eigenvalue weighted by molar-refractivity contribution is -0.169. The molecule has 0 bridgehead atoms. The van der Waals surface area contributed by atoms with Gasteiger partial charge in [0, 0.05) is 0 Å². The van der Waals surface area contributed by atoms with E-state index in [2.05, 4.69) is 0 Å². The van der Waals surface area contributed by atoms with Gasteiger partial charge in [0.15, 0.2) is 0 Å². The smallest absolute Gasteiger partial charge is 0.338 e. The van der Waals surface area contributed by atoms with Crippen molar-refractivity contribution in [3.63, 3.8) is 0 Å². The van der Waals surface area contributed by atoms with Crippen LogP contribution in [0.3, 0.4) is 0 Å². The van der Waals surface area contributed by atoms with Gasteiger partial charge in [-0.2, -0.15) is 0 Å². The molecule has 1 aliphatic rings. The molecule has 0 saturated heterocycles. The highest BCUT2D eigenvalue weighted by Gasteiger charge is 2.45. The summed E-state index contributed by atoms with van der Waals surface area (Å²) in [4.78, 5) is 23.5. The van der Waals surface area contributed by atoms with Crippen LogP contribution in [-0.4, -0.2) is 28.2 Å². The predicted octanol–water partition coefficient (Wildman–Crippen LogP) is 2.47. The lowest BCUT2D eigenvalue weighted by Crippen LogP contribution is -2.57. The van der Waals surface area contributed by atoms with Crippen LogP contribution in [0.25, 0.3) is 0 Å². The Bertz CT molecular complexity index is 355. The second-order valence-corrected chi connectivity index (χ2v) is 6.82. The number of rotatable bonds is 5. The SMILES string of the molecule is CC(C)(C)OC(=O)C(N)(CCC1CCCCC1)C(=O)O. The molecule has 1 fully saturated rings. The van der Waals surface area contributed by atoms with Gasteiger partial charge in [-0.1, -0.05) is 32.1 Å². The van der Waals surface area contributed by atoms with Gasteiger partial charge in [0.2, 0.25) is 5.54 Å². The molecule has 0 amide bonds. The van der Waals surface area contributed by atoms with Gasteiger partial charge < -0.3 is 15.6 Å². The molecule has 0 aromatic rings. The van der Waals surface area contributed by atoms with E-state index in [1.165, 1.54) is 19.3 Å². The Morgan fingerprint density at radius 2 is 1.75 bits per heavy atom. The second kappa shape index (κ2) is 6.57. The molecule has 5 heteroatoms. The van der Waals surface area contributed by atoms with E-state index in [1.54, 1.807) is 20.8 Å². The average molecular weight is 285 g/mol. The molecule has 1 unspecified atom stereocenters. The quantitative estimate of drug-likeness (QED) is 0.598. The average Bonchev–Trinajstić information content (AvgIpc) is 2.34. The minimum absolute atomic E-state index is 0.141. The van der Waals surface area contributed by atoms with Crippen LogP contribution in [0.2, 0.25) is 0 Å². The van der Waals surface area contributed by atoms with Crippen molar-refractivity contribution in [1.82, 2.24) is 0 Å². The lowest BCUT2D eigenvalue weighted by atomic mass is 9.82. The number of carbonyl (C=O) groups is 2. The Morgan fingerprint density at radius 3 is 2.20 bits per heavy atom. The first-order valence-corrected chi connectivity index (χ1v) is 7.41. The minimum Gasteiger partial charge on any atom is -0.479 e. The fourth-order valence-corrected chi connectivity index (χ4v) is 2.57.